The molecule has 3 nitrogen and oxygen atoms in total. The van der Waals surface area contributed by atoms with Crippen molar-refractivity contribution in [3.8, 4) is 0 Å². The first-order valence-corrected chi connectivity index (χ1v) is 4.16. The van der Waals surface area contributed by atoms with E-state index in [1.165, 1.54) is 12.8 Å². The van der Waals surface area contributed by atoms with E-state index in [0.717, 1.165) is 12.8 Å². The van der Waals surface area contributed by atoms with Crippen LogP contribution in [0.1, 0.15) is 32.6 Å². The fraction of sp³-hybridized carbons (Fsp3) is 0.875. The molecule has 1 rings (SSSR count). The lowest BCUT2D eigenvalue weighted by molar-refractivity contribution is 0.115. The normalized spacial score (nSPS) is 23.0. The molecule has 11 heavy (non-hydrogen) atoms. The number of carbonyl (C=O) groups is 1. The summed E-state index contributed by atoms with van der Waals surface area (Å²) < 4.78 is 9.48. The number of ether oxygens (including phenoxy) is 2. The van der Waals surface area contributed by atoms with Crippen LogP contribution in [0, 0.1) is 0 Å². The van der Waals surface area contributed by atoms with Gasteiger partial charge >= 0.3 is 6.16 Å². The lowest BCUT2D eigenvalue weighted by Crippen LogP contribution is -2.08. The van der Waals surface area contributed by atoms with Gasteiger partial charge in [0.15, 0.2) is 0 Å². The van der Waals surface area contributed by atoms with Crippen LogP contribution in [-0.2, 0) is 9.47 Å². The number of carbonyl (C=O) groups excluding carboxylic acids is 1. The first kappa shape index (κ1) is 8.37. The fourth-order valence-corrected chi connectivity index (χ4v) is 1.13. The van der Waals surface area contributed by atoms with Crippen LogP contribution in [0.3, 0.4) is 0 Å². The van der Waals surface area contributed by atoms with E-state index in [9.17, 15) is 4.79 Å². The van der Waals surface area contributed by atoms with Crippen molar-refractivity contribution in [3.63, 3.8) is 0 Å². The predicted octanol–water partition coefficient (Wildman–Crippen LogP) is 2.10. The molecule has 0 spiro atoms. The molecule has 1 unspecified atom stereocenters. The molecular formula is C8H14O3. The van der Waals surface area contributed by atoms with Crippen molar-refractivity contribution in [2.24, 2.45) is 0 Å². The summed E-state index contributed by atoms with van der Waals surface area (Å²) in [6.45, 7) is 2.60. The van der Waals surface area contributed by atoms with Crippen molar-refractivity contribution >= 4 is 6.16 Å². The third kappa shape index (κ3) is 2.78. The van der Waals surface area contributed by atoms with Crippen molar-refractivity contribution in [2.45, 2.75) is 38.7 Å². The molecular weight excluding hydrogens is 144 g/mol. The number of unbranched alkanes of at least 4 members (excludes halogenated alkanes) is 2. The highest BCUT2D eigenvalue weighted by Gasteiger charge is 2.23. The molecule has 0 aromatic rings. The van der Waals surface area contributed by atoms with Gasteiger partial charge in [0.25, 0.3) is 0 Å². The number of cyclic esters (lactones) is 2. The number of hydrogen-bond donors (Lipinski definition) is 0. The second kappa shape index (κ2) is 4.21. The molecule has 0 N–H and O–H groups in total. The molecule has 0 saturated carbocycles. The van der Waals surface area contributed by atoms with Gasteiger partial charge in [0.2, 0.25) is 0 Å². The van der Waals surface area contributed by atoms with Crippen LogP contribution >= 0.6 is 0 Å². The van der Waals surface area contributed by atoms with Gasteiger partial charge in [-0.1, -0.05) is 19.8 Å². The van der Waals surface area contributed by atoms with Gasteiger partial charge in [0.1, 0.15) is 12.7 Å². The molecule has 1 atom stereocenters. The minimum absolute atomic E-state index is 0.0223. The van der Waals surface area contributed by atoms with E-state index < -0.39 is 6.16 Å². The highest BCUT2D eigenvalue weighted by atomic mass is 16.8. The van der Waals surface area contributed by atoms with E-state index in [1.807, 2.05) is 0 Å². The third-order valence-electron chi connectivity index (χ3n) is 1.78. The zero-order valence-electron chi connectivity index (χ0n) is 6.84. The maximum absolute atomic E-state index is 10.4. The smallest absolute Gasteiger partial charge is 0.430 e. The topological polar surface area (TPSA) is 35.5 Å². The van der Waals surface area contributed by atoms with Gasteiger partial charge in [-0.15, -0.1) is 0 Å². The summed E-state index contributed by atoms with van der Waals surface area (Å²) in [5.74, 6) is 0. The summed E-state index contributed by atoms with van der Waals surface area (Å²) in [5.41, 5.74) is 0. The predicted molar refractivity (Wildman–Crippen MR) is 40.4 cm³/mol. The summed E-state index contributed by atoms with van der Waals surface area (Å²) in [7, 11) is 0. The van der Waals surface area contributed by atoms with E-state index in [-0.39, 0.29) is 6.10 Å². The maximum Gasteiger partial charge on any atom is 0.508 e. The van der Waals surface area contributed by atoms with Gasteiger partial charge in [-0.05, 0) is 12.8 Å². The molecule has 64 valence electrons. The Balaban J connectivity index is 2.04. The lowest BCUT2D eigenvalue weighted by Gasteiger charge is -2.03. The Morgan fingerprint density at radius 2 is 2.36 bits per heavy atom. The highest BCUT2D eigenvalue weighted by Crippen LogP contribution is 2.13. The van der Waals surface area contributed by atoms with Gasteiger partial charge in [0, 0.05) is 0 Å². The Kier molecular flexibility index (Phi) is 3.20. The van der Waals surface area contributed by atoms with Gasteiger partial charge in [-0.3, -0.25) is 0 Å². The Labute approximate surface area is 66.7 Å². The molecule has 0 aromatic heterocycles. The third-order valence-corrected chi connectivity index (χ3v) is 1.78. The van der Waals surface area contributed by atoms with Crippen LogP contribution in [0.2, 0.25) is 0 Å². The average molecular weight is 158 g/mol. The van der Waals surface area contributed by atoms with E-state index in [0.29, 0.717) is 6.61 Å². The molecule has 1 fully saturated rings. The van der Waals surface area contributed by atoms with E-state index in [4.69, 9.17) is 4.74 Å². The number of rotatable bonds is 4. The van der Waals surface area contributed by atoms with Crippen molar-refractivity contribution in [2.75, 3.05) is 6.61 Å². The highest BCUT2D eigenvalue weighted by molar-refractivity contribution is 5.61. The summed E-state index contributed by atoms with van der Waals surface area (Å²) in [5, 5.41) is 0. The molecule has 0 radical (unpaired) electrons. The first-order valence-electron chi connectivity index (χ1n) is 4.16. The quantitative estimate of drug-likeness (QED) is 0.464. The molecule has 0 aliphatic carbocycles. The van der Waals surface area contributed by atoms with Crippen LogP contribution in [0.4, 0.5) is 4.79 Å². The Hall–Kier alpha value is -0.730. The summed E-state index contributed by atoms with van der Waals surface area (Å²) in [4.78, 5) is 10.4. The van der Waals surface area contributed by atoms with E-state index in [1.54, 1.807) is 0 Å². The minimum Gasteiger partial charge on any atom is -0.430 e. The number of hydrogen-bond acceptors (Lipinski definition) is 3. The van der Waals surface area contributed by atoms with Crippen LogP contribution in [-0.4, -0.2) is 18.9 Å². The zero-order valence-corrected chi connectivity index (χ0v) is 6.84. The van der Waals surface area contributed by atoms with Gasteiger partial charge in [-0.25, -0.2) is 4.79 Å². The van der Waals surface area contributed by atoms with Crippen molar-refractivity contribution in [3.05, 3.63) is 0 Å². The molecule has 1 heterocycles. The van der Waals surface area contributed by atoms with Crippen LogP contribution in [0.5, 0.6) is 0 Å². The van der Waals surface area contributed by atoms with Crippen molar-refractivity contribution in [1.82, 2.24) is 0 Å². The molecule has 1 saturated heterocycles. The first-order chi connectivity index (χ1) is 5.33. The van der Waals surface area contributed by atoms with Crippen LogP contribution in [0.15, 0.2) is 0 Å². The van der Waals surface area contributed by atoms with E-state index >= 15 is 0 Å². The van der Waals surface area contributed by atoms with Gasteiger partial charge in [-0.2, -0.15) is 0 Å². The molecule has 3 heteroatoms. The SMILES string of the molecule is CCCCCC1COC(=O)O1. The van der Waals surface area contributed by atoms with Gasteiger partial charge in [0.05, 0.1) is 0 Å². The minimum atomic E-state index is -0.508. The second-order valence-electron chi connectivity index (χ2n) is 2.80. The van der Waals surface area contributed by atoms with E-state index in [2.05, 4.69) is 11.7 Å². The molecule has 0 bridgehead atoms. The van der Waals surface area contributed by atoms with Gasteiger partial charge < -0.3 is 9.47 Å². The molecule has 0 aromatic carbocycles. The maximum atomic E-state index is 10.4. The largest absolute Gasteiger partial charge is 0.508 e. The van der Waals surface area contributed by atoms with Crippen LogP contribution < -0.4 is 0 Å². The average Bonchev–Trinajstić information content (AvgIpc) is 2.37. The zero-order chi connectivity index (χ0) is 8.10. The fourth-order valence-electron chi connectivity index (χ4n) is 1.13. The van der Waals surface area contributed by atoms with Crippen molar-refractivity contribution in [1.29, 1.82) is 0 Å². The molecule has 1 aliphatic heterocycles. The second-order valence-corrected chi connectivity index (χ2v) is 2.80. The Morgan fingerprint density at radius 1 is 1.55 bits per heavy atom. The lowest BCUT2D eigenvalue weighted by atomic mass is 10.1. The summed E-state index contributed by atoms with van der Waals surface area (Å²) >= 11 is 0. The Morgan fingerprint density at radius 3 is 2.91 bits per heavy atom. The monoisotopic (exact) mass is 158 g/mol. The summed E-state index contributed by atoms with van der Waals surface area (Å²) in [6.07, 6.45) is 3.98. The standard InChI is InChI=1S/C8H14O3/c1-2-3-4-5-7-6-10-8(9)11-7/h7H,2-6H2,1H3. The molecule has 0 amide bonds. The Bertz CT molecular complexity index is 133. The molecule has 1 aliphatic rings. The summed E-state index contributed by atoms with van der Waals surface area (Å²) in [6, 6.07) is 0. The van der Waals surface area contributed by atoms with Crippen LogP contribution in [0.25, 0.3) is 0 Å². The van der Waals surface area contributed by atoms with Crippen molar-refractivity contribution < 1.29 is 14.3 Å².